The maximum absolute atomic E-state index is 11.3. The van der Waals surface area contributed by atoms with Gasteiger partial charge in [0.15, 0.2) is 5.11 Å². The Balaban J connectivity index is 0.000000361. The summed E-state index contributed by atoms with van der Waals surface area (Å²) in [6.45, 7) is 0. The molecule has 0 atom stereocenters. The summed E-state index contributed by atoms with van der Waals surface area (Å²) >= 11 is 4.09. The van der Waals surface area contributed by atoms with Crippen LogP contribution in [0, 0.1) is 0 Å². The van der Waals surface area contributed by atoms with Gasteiger partial charge in [0.05, 0.1) is 11.0 Å². The fourth-order valence-electron chi connectivity index (χ4n) is 2.01. The second-order valence-corrected chi connectivity index (χ2v) is 4.79. The van der Waals surface area contributed by atoms with Crippen molar-refractivity contribution in [2.45, 2.75) is 0 Å². The summed E-state index contributed by atoms with van der Waals surface area (Å²) in [5, 5.41) is 1.81. The lowest BCUT2D eigenvalue weighted by molar-refractivity contribution is 0.100. The molecule has 0 aliphatic rings. The number of primary amides is 1. The second-order valence-electron chi connectivity index (χ2n) is 4.32. The fourth-order valence-corrected chi connectivity index (χ4v) is 2.01. The Labute approximate surface area is 126 Å². The number of fused-ring (bicyclic) bond motifs is 2. The summed E-state index contributed by atoms with van der Waals surface area (Å²) < 4.78 is 0. The van der Waals surface area contributed by atoms with Gasteiger partial charge >= 0.3 is 0 Å². The number of aromatic nitrogens is 1. The van der Waals surface area contributed by atoms with E-state index in [2.05, 4.69) is 28.7 Å². The van der Waals surface area contributed by atoms with Gasteiger partial charge in [0.2, 0.25) is 5.91 Å². The van der Waals surface area contributed by atoms with Crippen molar-refractivity contribution in [2.24, 2.45) is 17.2 Å². The van der Waals surface area contributed by atoms with Gasteiger partial charge in [-0.15, -0.1) is 0 Å². The summed E-state index contributed by atoms with van der Waals surface area (Å²) in [6, 6.07) is 15.2. The van der Waals surface area contributed by atoms with Crippen molar-refractivity contribution >= 4 is 45.0 Å². The molecule has 0 fully saturated rings. The Hall–Kier alpha value is -2.73. The molecule has 3 rings (SSSR count). The van der Waals surface area contributed by atoms with Gasteiger partial charge in [-0.25, -0.2) is 4.98 Å². The second kappa shape index (κ2) is 6.15. The average Bonchev–Trinajstić information content (AvgIpc) is 2.43. The van der Waals surface area contributed by atoms with Crippen LogP contribution in [0.4, 0.5) is 0 Å². The van der Waals surface area contributed by atoms with Crippen molar-refractivity contribution in [2.75, 3.05) is 0 Å². The number of carbonyl (C=O) groups excluding carboxylic acids is 1. The number of hydrogen-bond donors (Lipinski definition) is 3. The smallest absolute Gasteiger partial charge is 0.249 e. The number of amides is 1. The minimum absolute atomic E-state index is 0.000000000000000222. The van der Waals surface area contributed by atoms with Crippen LogP contribution in [0.5, 0.6) is 0 Å². The Kier molecular flexibility index (Phi) is 4.30. The molecule has 0 aliphatic heterocycles. The van der Waals surface area contributed by atoms with Crippen molar-refractivity contribution in [1.82, 2.24) is 4.98 Å². The number of thiocarbonyl (C=S) groups is 1. The van der Waals surface area contributed by atoms with Gasteiger partial charge in [-0.2, -0.15) is 0 Å². The van der Waals surface area contributed by atoms with Crippen molar-refractivity contribution in [3.05, 3.63) is 54.1 Å². The number of benzene rings is 2. The predicted molar refractivity (Wildman–Crippen MR) is 88.7 cm³/mol. The van der Waals surface area contributed by atoms with Gasteiger partial charge in [-0.05, 0) is 36.5 Å². The minimum atomic E-state index is -0.423. The molecule has 6 heteroatoms. The number of nitrogens with two attached hydrogens (primary N) is 3. The molecule has 1 heterocycles. The Bertz CT molecular complexity index is 828. The van der Waals surface area contributed by atoms with Gasteiger partial charge in [0.25, 0.3) is 0 Å². The first-order chi connectivity index (χ1) is 9.99. The van der Waals surface area contributed by atoms with E-state index in [1.807, 2.05) is 36.4 Å². The normalized spacial score (nSPS) is 9.90. The standard InChI is InChI=1S/C14H10N2O.CH4N2S/c15-14(17)10-5-3-7-13-11(10)8-9-4-1-2-6-12(9)16-13;2-1(3)4/h1-8H,(H2,15,17);(H4,2,3,4). The van der Waals surface area contributed by atoms with E-state index in [4.69, 9.17) is 5.73 Å². The maximum Gasteiger partial charge on any atom is 0.249 e. The summed E-state index contributed by atoms with van der Waals surface area (Å²) in [6.07, 6.45) is 0. The number of carbonyl (C=O) groups is 1. The number of hydrogen-bond acceptors (Lipinski definition) is 3. The molecule has 3 aromatic rings. The average molecular weight is 298 g/mol. The maximum atomic E-state index is 11.3. The highest BCUT2D eigenvalue weighted by Gasteiger charge is 2.07. The van der Waals surface area contributed by atoms with Crippen LogP contribution >= 0.6 is 12.2 Å². The Morgan fingerprint density at radius 3 is 2.24 bits per heavy atom. The van der Waals surface area contributed by atoms with Crippen molar-refractivity contribution in [1.29, 1.82) is 0 Å². The molecule has 1 amide bonds. The lowest BCUT2D eigenvalue weighted by Gasteiger charge is -2.04. The van der Waals surface area contributed by atoms with Gasteiger partial charge in [-0.3, -0.25) is 4.79 Å². The largest absolute Gasteiger partial charge is 0.377 e. The molecule has 0 aliphatic carbocycles. The fraction of sp³-hybridized carbons (Fsp3) is 0. The van der Waals surface area contributed by atoms with Crippen molar-refractivity contribution in [3.8, 4) is 0 Å². The molecule has 0 saturated heterocycles. The highest BCUT2D eigenvalue weighted by molar-refractivity contribution is 7.80. The summed E-state index contributed by atoms with van der Waals surface area (Å²) in [5.74, 6) is -0.423. The first-order valence-electron chi connectivity index (χ1n) is 6.12. The molecule has 5 nitrogen and oxygen atoms in total. The summed E-state index contributed by atoms with van der Waals surface area (Å²) in [5.41, 5.74) is 16.8. The minimum Gasteiger partial charge on any atom is -0.377 e. The van der Waals surface area contributed by atoms with Crippen LogP contribution in [0.1, 0.15) is 10.4 Å². The lowest BCUT2D eigenvalue weighted by Crippen LogP contribution is -2.18. The van der Waals surface area contributed by atoms with E-state index in [1.54, 1.807) is 12.1 Å². The predicted octanol–water partition coefficient (Wildman–Crippen LogP) is 1.68. The third kappa shape index (κ3) is 3.43. The van der Waals surface area contributed by atoms with Crippen molar-refractivity contribution < 1.29 is 4.79 Å². The molecule has 6 N–H and O–H groups in total. The highest BCUT2D eigenvalue weighted by atomic mass is 32.1. The number of nitrogens with zero attached hydrogens (tertiary/aromatic N) is 1. The molecule has 1 aromatic heterocycles. The van der Waals surface area contributed by atoms with Crippen LogP contribution < -0.4 is 17.2 Å². The van der Waals surface area contributed by atoms with Gasteiger partial charge in [0.1, 0.15) is 0 Å². The monoisotopic (exact) mass is 298 g/mol. The first-order valence-corrected chi connectivity index (χ1v) is 6.53. The molecule has 0 bridgehead atoms. The zero-order valence-corrected chi connectivity index (χ0v) is 11.9. The van der Waals surface area contributed by atoms with E-state index in [9.17, 15) is 4.79 Å². The third-order valence-corrected chi connectivity index (χ3v) is 2.83. The van der Waals surface area contributed by atoms with Gasteiger partial charge in [0, 0.05) is 16.3 Å². The molecule has 0 spiro atoms. The van der Waals surface area contributed by atoms with E-state index >= 15 is 0 Å². The van der Waals surface area contributed by atoms with Crippen LogP contribution in [0.15, 0.2) is 48.5 Å². The van der Waals surface area contributed by atoms with E-state index < -0.39 is 5.91 Å². The molecule has 106 valence electrons. The Morgan fingerprint density at radius 2 is 1.57 bits per heavy atom. The third-order valence-electron chi connectivity index (χ3n) is 2.83. The first kappa shape index (κ1) is 14.7. The molecule has 0 unspecified atom stereocenters. The van der Waals surface area contributed by atoms with Crippen LogP contribution in [0.2, 0.25) is 0 Å². The Morgan fingerprint density at radius 1 is 0.952 bits per heavy atom. The number of para-hydroxylation sites is 1. The van der Waals surface area contributed by atoms with Gasteiger partial charge < -0.3 is 17.2 Å². The molecule has 2 aromatic carbocycles. The topological polar surface area (TPSA) is 108 Å². The lowest BCUT2D eigenvalue weighted by atomic mass is 10.1. The number of rotatable bonds is 1. The molecule has 21 heavy (non-hydrogen) atoms. The van der Waals surface area contributed by atoms with E-state index in [-0.39, 0.29) is 5.11 Å². The van der Waals surface area contributed by atoms with Crippen LogP contribution in [0.3, 0.4) is 0 Å². The van der Waals surface area contributed by atoms with Crippen LogP contribution in [0.25, 0.3) is 21.8 Å². The zero-order valence-electron chi connectivity index (χ0n) is 11.1. The SMILES string of the molecule is NC(=O)c1cccc2nc3ccccc3cc12.NC(N)=S. The van der Waals surface area contributed by atoms with E-state index in [0.717, 1.165) is 21.8 Å². The quantitative estimate of drug-likeness (QED) is 0.468. The number of pyridine rings is 1. The van der Waals surface area contributed by atoms with Crippen LogP contribution in [-0.2, 0) is 0 Å². The highest BCUT2D eigenvalue weighted by Crippen LogP contribution is 2.22. The molecular weight excluding hydrogens is 284 g/mol. The van der Waals surface area contributed by atoms with E-state index in [0.29, 0.717) is 5.56 Å². The van der Waals surface area contributed by atoms with Crippen molar-refractivity contribution in [3.63, 3.8) is 0 Å². The molecule has 0 radical (unpaired) electrons. The van der Waals surface area contributed by atoms with Crippen LogP contribution in [-0.4, -0.2) is 16.0 Å². The van der Waals surface area contributed by atoms with E-state index in [1.165, 1.54) is 0 Å². The molecular formula is C15H14N4OS. The zero-order chi connectivity index (χ0) is 15.4. The summed E-state index contributed by atoms with van der Waals surface area (Å²) in [7, 11) is 0. The summed E-state index contributed by atoms with van der Waals surface area (Å²) in [4.78, 5) is 15.9. The van der Waals surface area contributed by atoms with Gasteiger partial charge in [-0.1, -0.05) is 24.3 Å². The molecule has 0 saturated carbocycles.